The van der Waals surface area contributed by atoms with E-state index in [1.807, 2.05) is 13.8 Å². The Hall–Kier alpha value is -2.56. The second-order valence-electron chi connectivity index (χ2n) is 5.30. The standard InChI is InChI=1S/C13H15FN6O3S/c1-8(2)6-19-13(16-17-18-19)24-7-12(21)15-11-5-9(20(22)23)3-4-10(11)14/h3-5,8H,6-7H2,1-2H3,(H,15,21). The molecule has 1 amide bonds. The highest BCUT2D eigenvalue weighted by Gasteiger charge is 2.15. The largest absolute Gasteiger partial charge is 0.323 e. The van der Waals surface area contributed by atoms with Crippen molar-refractivity contribution in [1.29, 1.82) is 0 Å². The van der Waals surface area contributed by atoms with Crippen molar-refractivity contribution in [2.75, 3.05) is 11.1 Å². The lowest BCUT2D eigenvalue weighted by atomic mass is 10.2. The van der Waals surface area contributed by atoms with Crippen LogP contribution in [0.4, 0.5) is 15.8 Å². The molecule has 24 heavy (non-hydrogen) atoms. The van der Waals surface area contributed by atoms with Gasteiger partial charge in [0.25, 0.3) is 5.69 Å². The van der Waals surface area contributed by atoms with Crippen LogP contribution < -0.4 is 5.32 Å². The van der Waals surface area contributed by atoms with Crippen molar-refractivity contribution in [2.45, 2.75) is 25.5 Å². The number of thioether (sulfide) groups is 1. The molecule has 0 aliphatic carbocycles. The zero-order chi connectivity index (χ0) is 17.7. The number of hydrogen-bond acceptors (Lipinski definition) is 7. The molecular formula is C13H15FN6O3S. The maximum atomic E-state index is 13.6. The van der Waals surface area contributed by atoms with E-state index in [1.165, 1.54) is 0 Å². The summed E-state index contributed by atoms with van der Waals surface area (Å²) in [4.78, 5) is 22.0. The number of benzene rings is 1. The number of hydrogen-bond donors (Lipinski definition) is 1. The monoisotopic (exact) mass is 354 g/mol. The lowest BCUT2D eigenvalue weighted by Gasteiger charge is -2.07. The van der Waals surface area contributed by atoms with Crippen LogP contribution in [0.5, 0.6) is 0 Å². The first-order valence-corrected chi connectivity index (χ1v) is 7.98. The van der Waals surface area contributed by atoms with Gasteiger partial charge in [0, 0.05) is 18.7 Å². The Balaban J connectivity index is 1.98. The van der Waals surface area contributed by atoms with E-state index < -0.39 is 16.6 Å². The summed E-state index contributed by atoms with van der Waals surface area (Å²) >= 11 is 1.10. The molecule has 1 heterocycles. The van der Waals surface area contributed by atoms with Crippen molar-refractivity contribution < 1.29 is 14.1 Å². The lowest BCUT2D eigenvalue weighted by Crippen LogP contribution is -2.16. The third-order valence-electron chi connectivity index (χ3n) is 2.80. The second kappa shape index (κ2) is 7.81. The highest BCUT2D eigenvalue weighted by Crippen LogP contribution is 2.22. The van der Waals surface area contributed by atoms with Gasteiger partial charge in [-0.05, 0) is 22.4 Å². The van der Waals surface area contributed by atoms with Crippen LogP contribution in [0.2, 0.25) is 0 Å². The van der Waals surface area contributed by atoms with Crippen LogP contribution in [0.15, 0.2) is 23.4 Å². The zero-order valence-electron chi connectivity index (χ0n) is 13.0. The van der Waals surface area contributed by atoms with Crippen molar-refractivity contribution in [3.63, 3.8) is 0 Å². The van der Waals surface area contributed by atoms with Crippen LogP contribution in [0.25, 0.3) is 0 Å². The van der Waals surface area contributed by atoms with Gasteiger partial charge in [-0.1, -0.05) is 25.6 Å². The third-order valence-corrected chi connectivity index (χ3v) is 3.76. The number of tetrazole rings is 1. The average molecular weight is 354 g/mol. The molecule has 0 aliphatic heterocycles. The molecule has 0 aliphatic rings. The van der Waals surface area contributed by atoms with E-state index in [1.54, 1.807) is 4.68 Å². The van der Waals surface area contributed by atoms with Crippen molar-refractivity contribution in [3.05, 3.63) is 34.1 Å². The van der Waals surface area contributed by atoms with Crippen molar-refractivity contribution in [1.82, 2.24) is 20.2 Å². The molecule has 2 aromatic rings. The van der Waals surface area contributed by atoms with E-state index in [4.69, 9.17) is 0 Å². The van der Waals surface area contributed by atoms with Crippen molar-refractivity contribution in [3.8, 4) is 0 Å². The van der Waals surface area contributed by atoms with Gasteiger partial charge in [0.1, 0.15) is 5.82 Å². The molecule has 2 rings (SSSR count). The molecule has 1 aromatic heterocycles. The molecule has 0 fully saturated rings. The van der Waals surface area contributed by atoms with Crippen LogP contribution in [0.3, 0.4) is 0 Å². The number of nitrogens with zero attached hydrogens (tertiary/aromatic N) is 5. The van der Waals surface area contributed by atoms with Crippen LogP contribution in [0.1, 0.15) is 13.8 Å². The first-order chi connectivity index (χ1) is 11.4. The summed E-state index contributed by atoms with van der Waals surface area (Å²) in [5, 5.41) is 24.7. The topological polar surface area (TPSA) is 116 Å². The predicted molar refractivity (Wildman–Crippen MR) is 85.1 cm³/mol. The summed E-state index contributed by atoms with van der Waals surface area (Å²) in [5.74, 6) is -0.983. The number of halogens is 1. The summed E-state index contributed by atoms with van der Waals surface area (Å²) in [6, 6.07) is 2.94. The molecule has 1 aromatic carbocycles. The zero-order valence-corrected chi connectivity index (χ0v) is 13.8. The van der Waals surface area contributed by atoms with E-state index >= 15 is 0 Å². The van der Waals surface area contributed by atoms with Gasteiger partial charge in [-0.15, -0.1) is 5.10 Å². The smallest absolute Gasteiger partial charge is 0.271 e. The maximum absolute atomic E-state index is 13.6. The molecule has 1 N–H and O–H groups in total. The van der Waals surface area contributed by atoms with Crippen LogP contribution in [-0.4, -0.2) is 36.8 Å². The van der Waals surface area contributed by atoms with Crippen molar-refractivity contribution in [2.24, 2.45) is 5.92 Å². The molecular weight excluding hydrogens is 339 g/mol. The van der Waals surface area contributed by atoms with Gasteiger partial charge in [0.05, 0.1) is 16.4 Å². The fourth-order valence-corrected chi connectivity index (χ4v) is 2.49. The minimum absolute atomic E-state index is 0.0550. The molecule has 0 saturated carbocycles. The van der Waals surface area contributed by atoms with Gasteiger partial charge in [-0.3, -0.25) is 14.9 Å². The maximum Gasteiger partial charge on any atom is 0.271 e. The van der Waals surface area contributed by atoms with Gasteiger partial charge >= 0.3 is 0 Å². The number of non-ortho nitro benzene ring substituents is 1. The number of carbonyl (C=O) groups excluding carboxylic acids is 1. The Bertz CT molecular complexity index is 751. The van der Waals surface area contributed by atoms with Gasteiger partial charge in [-0.2, -0.15) is 0 Å². The Morgan fingerprint density at radius 3 is 2.92 bits per heavy atom. The number of anilines is 1. The first kappa shape index (κ1) is 17.8. The molecule has 0 spiro atoms. The fraction of sp³-hybridized carbons (Fsp3) is 0.385. The third kappa shape index (κ3) is 4.72. The Morgan fingerprint density at radius 2 is 2.25 bits per heavy atom. The quantitative estimate of drug-likeness (QED) is 0.460. The highest BCUT2D eigenvalue weighted by atomic mass is 32.2. The Labute approximate surface area is 140 Å². The molecule has 9 nitrogen and oxygen atoms in total. The average Bonchev–Trinajstić information content (AvgIpc) is 2.93. The van der Waals surface area contributed by atoms with E-state index in [2.05, 4.69) is 20.8 Å². The highest BCUT2D eigenvalue weighted by molar-refractivity contribution is 7.99. The SMILES string of the molecule is CC(C)Cn1nnnc1SCC(=O)Nc1cc([N+](=O)[O-])ccc1F. The molecule has 0 radical (unpaired) electrons. The van der Waals surface area contributed by atoms with Crippen LogP contribution in [0, 0.1) is 21.8 Å². The lowest BCUT2D eigenvalue weighted by molar-refractivity contribution is -0.384. The van der Waals surface area contributed by atoms with Gasteiger partial charge in [0.15, 0.2) is 0 Å². The minimum atomic E-state index is -0.747. The normalized spacial score (nSPS) is 10.8. The summed E-state index contributed by atoms with van der Waals surface area (Å²) < 4.78 is 15.2. The number of carbonyl (C=O) groups is 1. The number of rotatable bonds is 7. The summed E-state index contributed by atoms with van der Waals surface area (Å²) in [6.07, 6.45) is 0. The van der Waals surface area contributed by atoms with Crippen LogP contribution >= 0.6 is 11.8 Å². The summed E-state index contributed by atoms with van der Waals surface area (Å²) in [7, 11) is 0. The number of amides is 1. The first-order valence-electron chi connectivity index (χ1n) is 6.99. The number of nitro benzene ring substituents is 1. The Kier molecular flexibility index (Phi) is 5.79. The minimum Gasteiger partial charge on any atom is -0.323 e. The van der Waals surface area contributed by atoms with E-state index in [-0.39, 0.29) is 17.1 Å². The number of nitro groups is 1. The molecule has 0 unspecified atom stereocenters. The second-order valence-corrected chi connectivity index (χ2v) is 6.24. The van der Waals surface area contributed by atoms with E-state index in [0.717, 1.165) is 30.0 Å². The Morgan fingerprint density at radius 1 is 1.50 bits per heavy atom. The number of nitrogens with one attached hydrogen (secondary N) is 1. The molecule has 0 saturated heterocycles. The van der Waals surface area contributed by atoms with Crippen LogP contribution in [-0.2, 0) is 11.3 Å². The summed E-state index contributed by atoms with van der Waals surface area (Å²) in [5.41, 5.74) is -0.545. The summed E-state index contributed by atoms with van der Waals surface area (Å²) in [6.45, 7) is 4.62. The molecule has 0 atom stereocenters. The number of aromatic nitrogens is 4. The van der Waals surface area contributed by atoms with Gasteiger partial charge < -0.3 is 5.32 Å². The van der Waals surface area contributed by atoms with Gasteiger partial charge in [-0.25, -0.2) is 9.07 Å². The fourth-order valence-electron chi connectivity index (χ4n) is 1.80. The van der Waals surface area contributed by atoms with Gasteiger partial charge in [0.2, 0.25) is 11.1 Å². The van der Waals surface area contributed by atoms with Crippen molar-refractivity contribution >= 4 is 29.0 Å². The van der Waals surface area contributed by atoms with E-state index in [0.29, 0.717) is 17.6 Å². The van der Waals surface area contributed by atoms with E-state index in [9.17, 15) is 19.3 Å². The molecule has 11 heteroatoms. The molecule has 0 bridgehead atoms. The predicted octanol–water partition coefficient (Wildman–Crippen LogP) is 2.11. The molecule has 128 valence electrons.